The zero-order valence-corrected chi connectivity index (χ0v) is 14.2. The smallest absolute Gasteiger partial charge is 0.268 e. The molecule has 1 unspecified atom stereocenters. The fourth-order valence-corrected chi connectivity index (χ4v) is 2.95. The number of nitrogens with zero attached hydrogens (tertiary/aromatic N) is 1. The van der Waals surface area contributed by atoms with Crippen molar-refractivity contribution in [3.05, 3.63) is 59.2 Å². The lowest BCUT2D eigenvalue weighted by molar-refractivity contribution is -0.125. The number of hydrogen-bond acceptors (Lipinski definition) is 3. The molecule has 5 heteroatoms. The lowest BCUT2D eigenvalue weighted by atomic mass is 10.1. The standard InChI is InChI=1S/C18H16BrNO3/c1-12-18(22)20(10-14-4-2-13(9-19)3-5-14)16-8-15(11-21)6-7-17(16)23-12/h2-8,11-12H,9-10H2,1H3. The van der Waals surface area contributed by atoms with E-state index in [1.54, 1.807) is 30.0 Å². The molecule has 0 N–H and O–H groups in total. The number of alkyl halides is 1. The number of amides is 1. The maximum atomic E-state index is 12.5. The van der Waals surface area contributed by atoms with Crippen LogP contribution in [0.15, 0.2) is 42.5 Å². The lowest BCUT2D eigenvalue weighted by Gasteiger charge is -2.33. The lowest BCUT2D eigenvalue weighted by Crippen LogP contribution is -2.44. The fourth-order valence-electron chi connectivity index (χ4n) is 2.58. The van der Waals surface area contributed by atoms with Gasteiger partial charge in [-0.05, 0) is 36.2 Å². The van der Waals surface area contributed by atoms with E-state index in [1.807, 2.05) is 24.3 Å². The highest BCUT2D eigenvalue weighted by Crippen LogP contribution is 2.35. The van der Waals surface area contributed by atoms with E-state index in [0.29, 0.717) is 23.5 Å². The van der Waals surface area contributed by atoms with Crippen molar-refractivity contribution in [1.29, 1.82) is 0 Å². The van der Waals surface area contributed by atoms with Gasteiger partial charge < -0.3 is 9.64 Å². The van der Waals surface area contributed by atoms with Crippen LogP contribution in [-0.2, 0) is 16.7 Å². The Bertz CT molecular complexity index is 742. The Balaban J connectivity index is 1.96. The molecule has 0 bridgehead atoms. The number of benzene rings is 2. The Labute approximate surface area is 143 Å². The molecule has 1 amide bonds. The monoisotopic (exact) mass is 373 g/mol. The van der Waals surface area contributed by atoms with Gasteiger partial charge in [0, 0.05) is 10.9 Å². The summed E-state index contributed by atoms with van der Waals surface area (Å²) in [6, 6.07) is 13.2. The largest absolute Gasteiger partial charge is 0.479 e. The normalized spacial score (nSPS) is 16.7. The molecular weight excluding hydrogens is 358 g/mol. The molecule has 0 spiro atoms. The minimum absolute atomic E-state index is 0.106. The molecule has 0 fully saturated rings. The van der Waals surface area contributed by atoms with Gasteiger partial charge in [0.05, 0.1) is 12.2 Å². The first kappa shape index (κ1) is 15.7. The molecule has 2 aromatic rings. The van der Waals surface area contributed by atoms with Crippen LogP contribution < -0.4 is 9.64 Å². The summed E-state index contributed by atoms with van der Waals surface area (Å²) in [7, 11) is 0. The van der Waals surface area contributed by atoms with Crippen LogP contribution in [0.4, 0.5) is 5.69 Å². The minimum Gasteiger partial charge on any atom is -0.479 e. The average Bonchev–Trinajstić information content (AvgIpc) is 2.59. The highest BCUT2D eigenvalue weighted by Gasteiger charge is 2.31. The van der Waals surface area contributed by atoms with Crippen molar-refractivity contribution in [2.24, 2.45) is 0 Å². The van der Waals surface area contributed by atoms with Crippen molar-refractivity contribution in [1.82, 2.24) is 0 Å². The van der Waals surface area contributed by atoms with Crippen LogP contribution in [0.3, 0.4) is 0 Å². The van der Waals surface area contributed by atoms with Crippen LogP contribution in [0, 0.1) is 0 Å². The fraction of sp³-hybridized carbons (Fsp3) is 0.222. The van der Waals surface area contributed by atoms with Gasteiger partial charge in [-0.25, -0.2) is 0 Å². The van der Waals surface area contributed by atoms with Gasteiger partial charge in [0.25, 0.3) is 5.91 Å². The second-order valence-electron chi connectivity index (χ2n) is 5.48. The van der Waals surface area contributed by atoms with E-state index in [2.05, 4.69) is 15.9 Å². The highest BCUT2D eigenvalue weighted by atomic mass is 79.9. The van der Waals surface area contributed by atoms with Gasteiger partial charge >= 0.3 is 0 Å². The maximum absolute atomic E-state index is 12.5. The molecule has 118 valence electrons. The number of fused-ring (bicyclic) bond motifs is 1. The zero-order chi connectivity index (χ0) is 16.4. The topological polar surface area (TPSA) is 46.6 Å². The van der Waals surface area contributed by atoms with Gasteiger partial charge in [0.2, 0.25) is 0 Å². The number of ether oxygens (including phenoxy) is 1. The van der Waals surface area contributed by atoms with E-state index in [0.717, 1.165) is 17.2 Å². The van der Waals surface area contributed by atoms with Gasteiger partial charge in [-0.3, -0.25) is 9.59 Å². The number of carbonyl (C=O) groups excluding carboxylic acids is 2. The van der Waals surface area contributed by atoms with Gasteiger partial charge in [-0.15, -0.1) is 0 Å². The van der Waals surface area contributed by atoms with E-state index >= 15 is 0 Å². The third-order valence-corrected chi connectivity index (χ3v) is 4.49. The molecule has 1 heterocycles. The summed E-state index contributed by atoms with van der Waals surface area (Å²) >= 11 is 3.42. The summed E-state index contributed by atoms with van der Waals surface area (Å²) in [6.07, 6.45) is 0.234. The number of aldehydes is 1. The molecule has 1 aliphatic heterocycles. The predicted octanol–water partition coefficient (Wildman–Crippen LogP) is 3.71. The molecule has 1 atom stereocenters. The number of anilines is 1. The molecule has 23 heavy (non-hydrogen) atoms. The predicted molar refractivity (Wildman–Crippen MR) is 92.2 cm³/mol. The molecular formula is C18H16BrNO3. The number of carbonyl (C=O) groups is 2. The molecule has 0 saturated heterocycles. The van der Waals surface area contributed by atoms with Crippen molar-refractivity contribution in [3.63, 3.8) is 0 Å². The summed E-state index contributed by atoms with van der Waals surface area (Å²) in [4.78, 5) is 25.2. The zero-order valence-electron chi connectivity index (χ0n) is 12.7. The molecule has 3 rings (SSSR count). The third kappa shape index (κ3) is 3.15. The Morgan fingerprint density at radius 3 is 2.52 bits per heavy atom. The molecule has 1 aliphatic rings. The van der Waals surface area contributed by atoms with Gasteiger partial charge in [-0.1, -0.05) is 40.2 Å². The van der Waals surface area contributed by atoms with Crippen LogP contribution in [0.2, 0.25) is 0 Å². The summed E-state index contributed by atoms with van der Waals surface area (Å²) in [5.41, 5.74) is 3.37. The summed E-state index contributed by atoms with van der Waals surface area (Å²) in [5.74, 6) is 0.518. The third-order valence-electron chi connectivity index (χ3n) is 3.85. The molecule has 0 aliphatic carbocycles. The average molecular weight is 374 g/mol. The van der Waals surface area contributed by atoms with Gasteiger partial charge in [0.1, 0.15) is 12.0 Å². The van der Waals surface area contributed by atoms with Crippen molar-refractivity contribution in [2.75, 3.05) is 4.90 Å². The summed E-state index contributed by atoms with van der Waals surface area (Å²) in [6.45, 7) is 2.18. The molecule has 0 saturated carbocycles. The van der Waals surface area contributed by atoms with Gasteiger partial charge in [-0.2, -0.15) is 0 Å². The number of hydrogen-bond donors (Lipinski definition) is 0. The highest BCUT2D eigenvalue weighted by molar-refractivity contribution is 9.08. The van der Waals surface area contributed by atoms with E-state index in [-0.39, 0.29) is 5.91 Å². The van der Waals surface area contributed by atoms with Crippen molar-refractivity contribution in [3.8, 4) is 5.75 Å². The van der Waals surface area contributed by atoms with Gasteiger partial charge in [0.15, 0.2) is 6.10 Å². The van der Waals surface area contributed by atoms with Crippen LogP contribution in [0.25, 0.3) is 0 Å². The Morgan fingerprint density at radius 1 is 1.17 bits per heavy atom. The van der Waals surface area contributed by atoms with Crippen LogP contribution in [-0.4, -0.2) is 18.3 Å². The first-order valence-electron chi connectivity index (χ1n) is 7.33. The molecule has 4 nitrogen and oxygen atoms in total. The Hall–Kier alpha value is -2.14. The van der Waals surface area contributed by atoms with Crippen molar-refractivity contribution in [2.45, 2.75) is 24.9 Å². The van der Waals surface area contributed by atoms with E-state index < -0.39 is 6.10 Å². The summed E-state index contributed by atoms with van der Waals surface area (Å²) < 4.78 is 5.63. The van der Waals surface area contributed by atoms with Crippen LogP contribution >= 0.6 is 15.9 Å². The maximum Gasteiger partial charge on any atom is 0.268 e. The Morgan fingerprint density at radius 2 is 1.87 bits per heavy atom. The first-order valence-corrected chi connectivity index (χ1v) is 8.45. The second-order valence-corrected chi connectivity index (χ2v) is 6.04. The molecule has 2 aromatic carbocycles. The Kier molecular flexibility index (Phi) is 4.48. The molecule has 0 aromatic heterocycles. The first-order chi connectivity index (χ1) is 11.1. The van der Waals surface area contributed by atoms with Crippen LogP contribution in [0.5, 0.6) is 5.75 Å². The second kappa shape index (κ2) is 6.54. The van der Waals surface area contributed by atoms with E-state index in [9.17, 15) is 9.59 Å². The summed E-state index contributed by atoms with van der Waals surface area (Å²) in [5, 5.41) is 0.798. The van der Waals surface area contributed by atoms with Crippen LogP contribution in [0.1, 0.15) is 28.4 Å². The van der Waals surface area contributed by atoms with Crippen molar-refractivity contribution >= 4 is 33.8 Å². The minimum atomic E-state index is -0.536. The number of halogens is 1. The quantitative estimate of drug-likeness (QED) is 0.606. The SMILES string of the molecule is CC1Oc2ccc(C=O)cc2N(Cc2ccc(CBr)cc2)C1=O. The molecule has 0 radical (unpaired) electrons. The number of rotatable bonds is 4. The van der Waals surface area contributed by atoms with E-state index in [4.69, 9.17) is 4.74 Å². The van der Waals surface area contributed by atoms with E-state index in [1.165, 1.54) is 5.56 Å². The van der Waals surface area contributed by atoms with Crippen molar-refractivity contribution < 1.29 is 14.3 Å².